The zero-order valence-electron chi connectivity index (χ0n) is 11.5. The van der Waals surface area contributed by atoms with E-state index in [-0.39, 0.29) is 0 Å². The summed E-state index contributed by atoms with van der Waals surface area (Å²) in [6.07, 6.45) is 2.62. The molecule has 3 rings (SSSR count). The quantitative estimate of drug-likeness (QED) is 0.818. The molecule has 0 unspecified atom stereocenters. The highest BCUT2D eigenvalue weighted by molar-refractivity contribution is 5.57. The van der Waals surface area contributed by atoms with E-state index < -0.39 is 0 Å². The van der Waals surface area contributed by atoms with Gasteiger partial charge in [-0.25, -0.2) is 0 Å². The summed E-state index contributed by atoms with van der Waals surface area (Å²) in [5.74, 6) is 2.93. The van der Waals surface area contributed by atoms with Crippen LogP contribution in [0.4, 0.5) is 0 Å². The number of hydrogen-bond donors (Lipinski definition) is 0. The Morgan fingerprint density at radius 2 is 1.79 bits per heavy atom. The predicted molar refractivity (Wildman–Crippen MR) is 77.8 cm³/mol. The fourth-order valence-corrected chi connectivity index (χ4v) is 2.66. The maximum atomic E-state index is 5.96. The summed E-state index contributed by atoms with van der Waals surface area (Å²) < 4.78 is 5.96. The number of likely N-dealkylation sites (tertiary alicyclic amines) is 1. The van der Waals surface area contributed by atoms with Crippen LogP contribution in [0.1, 0.15) is 25.5 Å². The van der Waals surface area contributed by atoms with Crippen LogP contribution in [0.3, 0.4) is 0 Å². The first-order valence-electron chi connectivity index (χ1n) is 7.18. The maximum Gasteiger partial charge on any atom is 0.134 e. The van der Waals surface area contributed by atoms with Gasteiger partial charge in [-0.2, -0.15) is 0 Å². The number of rotatable bonds is 3. The van der Waals surface area contributed by atoms with Crippen molar-refractivity contribution in [2.45, 2.75) is 26.3 Å². The van der Waals surface area contributed by atoms with Crippen molar-refractivity contribution < 1.29 is 4.42 Å². The van der Waals surface area contributed by atoms with Crippen LogP contribution >= 0.6 is 0 Å². The fourth-order valence-electron chi connectivity index (χ4n) is 2.66. The molecule has 0 aliphatic carbocycles. The average molecular weight is 255 g/mol. The number of hydrogen-bond acceptors (Lipinski definition) is 2. The van der Waals surface area contributed by atoms with E-state index in [0.29, 0.717) is 0 Å². The van der Waals surface area contributed by atoms with E-state index >= 15 is 0 Å². The Morgan fingerprint density at radius 3 is 2.53 bits per heavy atom. The molecule has 1 saturated heterocycles. The van der Waals surface area contributed by atoms with Crippen LogP contribution in [0.25, 0.3) is 11.3 Å². The van der Waals surface area contributed by atoms with Gasteiger partial charge in [0.05, 0.1) is 6.54 Å². The minimum Gasteiger partial charge on any atom is -0.460 e. The Bertz CT molecular complexity index is 509. The standard InChI is InChI=1S/C17H21NO/c1-14-9-11-18(12-10-14)13-16-7-8-17(19-16)15-5-3-2-4-6-15/h2-8,14H,9-13H2,1H3. The lowest BCUT2D eigenvalue weighted by Crippen LogP contribution is -2.32. The molecule has 0 saturated carbocycles. The Balaban J connectivity index is 1.65. The van der Waals surface area contributed by atoms with Crippen LogP contribution in [0.15, 0.2) is 46.9 Å². The fraction of sp³-hybridized carbons (Fsp3) is 0.412. The minimum absolute atomic E-state index is 0.882. The van der Waals surface area contributed by atoms with E-state index in [1.807, 2.05) is 18.2 Å². The van der Waals surface area contributed by atoms with Gasteiger partial charge in [0.25, 0.3) is 0 Å². The molecule has 0 bridgehead atoms. The monoisotopic (exact) mass is 255 g/mol. The number of furan rings is 1. The van der Waals surface area contributed by atoms with Gasteiger partial charge < -0.3 is 4.42 Å². The Kier molecular flexibility index (Phi) is 3.69. The molecule has 0 amide bonds. The number of nitrogens with zero attached hydrogens (tertiary/aromatic N) is 1. The van der Waals surface area contributed by atoms with Crippen LogP contribution in [-0.2, 0) is 6.54 Å². The molecule has 2 heterocycles. The molecule has 2 aromatic rings. The molecule has 1 aromatic carbocycles. The van der Waals surface area contributed by atoms with Gasteiger partial charge in [0.1, 0.15) is 11.5 Å². The molecule has 2 heteroatoms. The molecular weight excluding hydrogens is 234 g/mol. The summed E-state index contributed by atoms with van der Waals surface area (Å²) in [7, 11) is 0. The van der Waals surface area contributed by atoms with E-state index in [1.54, 1.807) is 0 Å². The van der Waals surface area contributed by atoms with Gasteiger partial charge in [0.15, 0.2) is 0 Å². The largest absolute Gasteiger partial charge is 0.460 e. The topological polar surface area (TPSA) is 16.4 Å². The molecule has 1 aliphatic rings. The molecule has 19 heavy (non-hydrogen) atoms. The summed E-state index contributed by atoms with van der Waals surface area (Å²) in [6.45, 7) is 5.68. The van der Waals surface area contributed by atoms with Gasteiger partial charge in [0.2, 0.25) is 0 Å². The van der Waals surface area contributed by atoms with E-state index in [0.717, 1.165) is 29.5 Å². The minimum atomic E-state index is 0.882. The van der Waals surface area contributed by atoms with Crippen LogP contribution in [0, 0.1) is 5.92 Å². The lowest BCUT2D eigenvalue weighted by Gasteiger charge is -2.29. The predicted octanol–water partition coefficient (Wildman–Crippen LogP) is 4.18. The Labute approximate surface area is 115 Å². The number of benzene rings is 1. The highest BCUT2D eigenvalue weighted by Gasteiger charge is 2.17. The van der Waals surface area contributed by atoms with E-state index in [9.17, 15) is 0 Å². The first-order chi connectivity index (χ1) is 9.31. The molecule has 1 aromatic heterocycles. The third-order valence-electron chi connectivity index (χ3n) is 3.98. The highest BCUT2D eigenvalue weighted by atomic mass is 16.3. The average Bonchev–Trinajstić information content (AvgIpc) is 2.91. The maximum absolute atomic E-state index is 5.96. The second-order valence-electron chi connectivity index (χ2n) is 5.59. The van der Waals surface area contributed by atoms with Crippen molar-refractivity contribution in [3.05, 3.63) is 48.2 Å². The van der Waals surface area contributed by atoms with Gasteiger partial charge >= 0.3 is 0 Å². The van der Waals surface area contributed by atoms with Crippen LogP contribution < -0.4 is 0 Å². The van der Waals surface area contributed by atoms with Crippen LogP contribution in [0.2, 0.25) is 0 Å². The van der Waals surface area contributed by atoms with Crippen molar-refractivity contribution in [3.63, 3.8) is 0 Å². The third-order valence-corrected chi connectivity index (χ3v) is 3.98. The van der Waals surface area contributed by atoms with Crippen molar-refractivity contribution in [3.8, 4) is 11.3 Å². The summed E-state index contributed by atoms with van der Waals surface area (Å²) in [4.78, 5) is 2.49. The molecule has 0 N–H and O–H groups in total. The van der Waals surface area contributed by atoms with Crippen molar-refractivity contribution in [2.75, 3.05) is 13.1 Å². The summed E-state index contributed by atoms with van der Waals surface area (Å²) in [5.41, 5.74) is 1.15. The molecule has 0 radical (unpaired) electrons. The van der Waals surface area contributed by atoms with Gasteiger partial charge in [-0.15, -0.1) is 0 Å². The summed E-state index contributed by atoms with van der Waals surface area (Å²) in [6, 6.07) is 14.5. The highest BCUT2D eigenvalue weighted by Crippen LogP contribution is 2.24. The Hall–Kier alpha value is -1.54. The molecular formula is C17H21NO. The third kappa shape index (κ3) is 3.07. The SMILES string of the molecule is CC1CCN(Cc2ccc(-c3ccccc3)o2)CC1. The van der Waals surface area contributed by atoms with Gasteiger partial charge in [-0.3, -0.25) is 4.90 Å². The molecule has 0 spiro atoms. The smallest absolute Gasteiger partial charge is 0.134 e. The molecule has 100 valence electrons. The van der Waals surface area contributed by atoms with Crippen molar-refractivity contribution in [1.82, 2.24) is 4.90 Å². The van der Waals surface area contributed by atoms with E-state index in [1.165, 1.54) is 25.9 Å². The van der Waals surface area contributed by atoms with Gasteiger partial charge in [-0.05, 0) is 44.0 Å². The zero-order valence-corrected chi connectivity index (χ0v) is 11.5. The lowest BCUT2D eigenvalue weighted by atomic mass is 9.99. The Morgan fingerprint density at radius 1 is 1.05 bits per heavy atom. The summed E-state index contributed by atoms with van der Waals surface area (Å²) >= 11 is 0. The summed E-state index contributed by atoms with van der Waals surface area (Å²) in [5, 5.41) is 0. The second kappa shape index (κ2) is 5.62. The lowest BCUT2D eigenvalue weighted by molar-refractivity contribution is 0.174. The molecule has 1 aliphatic heterocycles. The van der Waals surface area contributed by atoms with E-state index in [4.69, 9.17) is 4.42 Å². The van der Waals surface area contributed by atoms with Gasteiger partial charge in [0, 0.05) is 5.56 Å². The second-order valence-corrected chi connectivity index (χ2v) is 5.59. The van der Waals surface area contributed by atoms with Crippen molar-refractivity contribution in [1.29, 1.82) is 0 Å². The first kappa shape index (κ1) is 12.5. The zero-order chi connectivity index (χ0) is 13.1. The van der Waals surface area contributed by atoms with Gasteiger partial charge in [-0.1, -0.05) is 37.3 Å². The van der Waals surface area contributed by atoms with Crippen LogP contribution in [0.5, 0.6) is 0 Å². The molecule has 0 atom stereocenters. The first-order valence-corrected chi connectivity index (χ1v) is 7.18. The number of piperidine rings is 1. The van der Waals surface area contributed by atoms with Crippen molar-refractivity contribution in [2.24, 2.45) is 5.92 Å². The normalized spacial score (nSPS) is 17.7. The van der Waals surface area contributed by atoms with Crippen LogP contribution in [-0.4, -0.2) is 18.0 Å². The molecule has 2 nitrogen and oxygen atoms in total. The molecule has 1 fully saturated rings. The van der Waals surface area contributed by atoms with E-state index in [2.05, 4.69) is 36.1 Å². The van der Waals surface area contributed by atoms with Crippen molar-refractivity contribution >= 4 is 0 Å².